The monoisotopic (exact) mass is 322 g/mol. The van der Waals surface area contributed by atoms with Gasteiger partial charge in [0.1, 0.15) is 6.04 Å². The molecule has 2 saturated heterocycles. The summed E-state index contributed by atoms with van der Waals surface area (Å²) >= 11 is 1.68. The second-order valence-electron chi connectivity index (χ2n) is 5.76. The van der Waals surface area contributed by atoms with Crippen molar-refractivity contribution in [3.8, 4) is 0 Å². The molecule has 0 bridgehead atoms. The molecule has 3 rings (SSSR count). The predicted molar refractivity (Wildman–Crippen MR) is 84.8 cm³/mol. The van der Waals surface area contributed by atoms with Gasteiger partial charge in [0.25, 0.3) is 0 Å². The fourth-order valence-electron chi connectivity index (χ4n) is 3.15. The first kappa shape index (κ1) is 15.5. The van der Waals surface area contributed by atoms with Gasteiger partial charge >= 0.3 is 0 Å². The summed E-state index contributed by atoms with van der Waals surface area (Å²) in [5, 5.41) is 2.03. The van der Waals surface area contributed by atoms with Crippen molar-refractivity contribution in [1.29, 1.82) is 0 Å². The molecule has 5 nitrogen and oxygen atoms in total. The van der Waals surface area contributed by atoms with Crippen LogP contribution in [0.15, 0.2) is 17.5 Å². The normalized spacial score (nSPS) is 22.1. The lowest BCUT2D eigenvalue weighted by molar-refractivity contribution is -0.146. The van der Waals surface area contributed by atoms with Crippen molar-refractivity contribution in [3.63, 3.8) is 0 Å². The van der Waals surface area contributed by atoms with Crippen molar-refractivity contribution in [2.24, 2.45) is 0 Å². The number of amides is 2. The number of likely N-dealkylation sites (tertiary alicyclic amines) is 1. The maximum Gasteiger partial charge on any atom is 0.245 e. The number of aryl methyl sites for hydroxylation is 1. The lowest BCUT2D eigenvalue weighted by atomic mass is 10.1. The lowest BCUT2D eigenvalue weighted by Crippen LogP contribution is -2.51. The van der Waals surface area contributed by atoms with Gasteiger partial charge in [0.05, 0.1) is 13.2 Å². The molecular formula is C16H22N2O3S. The van der Waals surface area contributed by atoms with Crippen LogP contribution in [0.25, 0.3) is 0 Å². The fraction of sp³-hybridized carbons (Fsp3) is 0.625. The lowest BCUT2D eigenvalue weighted by Gasteiger charge is -2.32. The average molecular weight is 322 g/mol. The van der Waals surface area contributed by atoms with Gasteiger partial charge in [-0.15, -0.1) is 11.3 Å². The van der Waals surface area contributed by atoms with Gasteiger partial charge in [0, 0.05) is 30.9 Å². The van der Waals surface area contributed by atoms with E-state index in [4.69, 9.17) is 4.74 Å². The van der Waals surface area contributed by atoms with Gasteiger partial charge in [-0.25, -0.2) is 0 Å². The van der Waals surface area contributed by atoms with Crippen LogP contribution >= 0.6 is 11.3 Å². The smallest absolute Gasteiger partial charge is 0.245 e. The van der Waals surface area contributed by atoms with Crippen LogP contribution in [-0.2, 0) is 20.7 Å². The number of carbonyl (C=O) groups excluding carboxylic acids is 2. The zero-order valence-corrected chi connectivity index (χ0v) is 13.5. The molecule has 0 unspecified atom stereocenters. The van der Waals surface area contributed by atoms with E-state index in [9.17, 15) is 9.59 Å². The van der Waals surface area contributed by atoms with Crippen LogP contribution in [0.1, 0.15) is 24.1 Å². The molecule has 0 aromatic carbocycles. The molecule has 0 aliphatic carbocycles. The second-order valence-corrected chi connectivity index (χ2v) is 6.79. The number of morpholine rings is 1. The van der Waals surface area contributed by atoms with E-state index < -0.39 is 0 Å². The summed E-state index contributed by atoms with van der Waals surface area (Å²) in [4.78, 5) is 30.0. The average Bonchev–Trinajstić information content (AvgIpc) is 3.24. The van der Waals surface area contributed by atoms with E-state index in [-0.39, 0.29) is 17.9 Å². The van der Waals surface area contributed by atoms with Crippen molar-refractivity contribution in [3.05, 3.63) is 22.4 Å². The first-order valence-electron chi connectivity index (χ1n) is 7.94. The Balaban J connectivity index is 1.57. The largest absolute Gasteiger partial charge is 0.378 e. The second kappa shape index (κ2) is 7.24. The number of rotatable bonds is 4. The first-order valence-corrected chi connectivity index (χ1v) is 8.82. The molecule has 120 valence electrons. The predicted octanol–water partition coefficient (Wildman–Crippen LogP) is 1.53. The number of ether oxygens (including phenoxy) is 1. The molecule has 6 heteroatoms. The summed E-state index contributed by atoms with van der Waals surface area (Å²) in [5.41, 5.74) is 0. The van der Waals surface area contributed by atoms with E-state index in [1.807, 2.05) is 16.3 Å². The number of hydrogen-bond donors (Lipinski definition) is 0. The van der Waals surface area contributed by atoms with E-state index in [2.05, 4.69) is 6.07 Å². The summed E-state index contributed by atoms with van der Waals surface area (Å²) < 4.78 is 5.29. The molecule has 2 amide bonds. The minimum atomic E-state index is -0.256. The third kappa shape index (κ3) is 3.50. The van der Waals surface area contributed by atoms with Crippen LogP contribution in [0.5, 0.6) is 0 Å². The summed E-state index contributed by atoms with van der Waals surface area (Å²) in [6, 6.07) is 3.80. The standard InChI is InChI=1S/C16H22N2O3S/c19-15(6-5-13-3-2-12-22-13)18-7-1-4-14(18)16(20)17-8-10-21-11-9-17/h2-3,12,14H,1,4-11H2/t14-/m0/s1. The van der Waals surface area contributed by atoms with Crippen molar-refractivity contribution in [2.75, 3.05) is 32.8 Å². The third-order valence-corrected chi connectivity index (χ3v) is 5.28. The number of nitrogens with zero attached hydrogens (tertiary/aromatic N) is 2. The van der Waals surface area contributed by atoms with Crippen molar-refractivity contribution in [1.82, 2.24) is 9.80 Å². The minimum absolute atomic E-state index is 0.102. The Morgan fingerprint density at radius 2 is 2.09 bits per heavy atom. The van der Waals surface area contributed by atoms with Gasteiger partial charge in [-0.3, -0.25) is 9.59 Å². The Labute approximate surface area is 134 Å². The zero-order chi connectivity index (χ0) is 15.4. The summed E-state index contributed by atoms with van der Waals surface area (Å²) in [6.45, 7) is 3.21. The molecule has 22 heavy (non-hydrogen) atoms. The maximum absolute atomic E-state index is 12.6. The number of hydrogen-bond acceptors (Lipinski definition) is 4. The zero-order valence-electron chi connectivity index (χ0n) is 12.7. The van der Waals surface area contributed by atoms with Crippen LogP contribution in [0.2, 0.25) is 0 Å². The van der Waals surface area contributed by atoms with E-state index in [0.717, 1.165) is 19.3 Å². The number of thiophene rings is 1. The van der Waals surface area contributed by atoms with Gasteiger partial charge in [0.15, 0.2) is 0 Å². The van der Waals surface area contributed by atoms with E-state index in [0.29, 0.717) is 39.3 Å². The molecule has 2 aliphatic heterocycles. The highest BCUT2D eigenvalue weighted by molar-refractivity contribution is 7.09. The molecule has 1 aromatic heterocycles. The first-order chi connectivity index (χ1) is 10.8. The highest BCUT2D eigenvalue weighted by Crippen LogP contribution is 2.22. The van der Waals surface area contributed by atoms with Gasteiger partial charge < -0.3 is 14.5 Å². The Hall–Kier alpha value is -1.40. The van der Waals surface area contributed by atoms with Crippen LogP contribution in [-0.4, -0.2) is 60.5 Å². The molecule has 2 aliphatic rings. The van der Waals surface area contributed by atoms with E-state index >= 15 is 0 Å². The summed E-state index contributed by atoms with van der Waals surface area (Å²) in [5.74, 6) is 0.211. The molecule has 0 radical (unpaired) electrons. The molecule has 2 fully saturated rings. The van der Waals surface area contributed by atoms with E-state index in [1.165, 1.54) is 4.88 Å². The molecule has 0 N–H and O–H groups in total. The Bertz CT molecular complexity index is 511. The van der Waals surface area contributed by atoms with Crippen molar-refractivity contribution in [2.45, 2.75) is 31.7 Å². The van der Waals surface area contributed by atoms with E-state index in [1.54, 1.807) is 16.2 Å². The molecule has 1 aromatic rings. The minimum Gasteiger partial charge on any atom is -0.378 e. The van der Waals surface area contributed by atoms with Gasteiger partial charge in [-0.2, -0.15) is 0 Å². The van der Waals surface area contributed by atoms with Gasteiger partial charge in [-0.1, -0.05) is 6.07 Å². The molecule has 0 saturated carbocycles. The van der Waals surface area contributed by atoms with Gasteiger partial charge in [-0.05, 0) is 30.7 Å². The quantitative estimate of drug-likeness (QED) is 0.845. The SMILES string of the molecule is O=C([C@@H]1CCCN1C(=O)CCc1cccs1)N1CCOCC1. The highest BCUT2D eigenvalue weighted by Gasteiger charge is 2.36. The molecular weight excluding hydrogens is 300 g/mol. The molecule has 0 spiro atoms. The van der Waals surface area contributed by atoms with Crippen molar-refractivity contribution >= 4 is 23.2 Å². The van der Waals surface area contributed by atoms with Gasteiger partial charge in [0.2, 0.25) is 11.8 Å². The highest BCUT2D eigenvalue weighted by atomic mass is 32.1. The third-order valence-electron chi connectivity index (χ3n) is 4.35. The Morgan fingerprint density at radius 3 is 2.82 bits per heavy atom. The van der Waals surface area contributed by atoms with Crippen molar-refractivity contribution < 1.29 is 14.3 Å². The van der Waals surface area contributed by atoms with Crippen LogP contribution in [0.3, 0.4) is 0 Å². The molecule has 1 atom stereocenters. The maximum atomic E-state index is 12.6. The summed E-state index contributed by atoms with van der Waals surface area (Å²) in [6.07, 6.45) is 2.98. The topological polar surface area (TPSA) is 49.9 Å². The summed E-state index contributed by atoms with van der Waals surface area (Å²) in [7, 11) is 0. The fourth-order valence-corrected chi connectivity index (χ4v) is 3.85. The van der Waals surface area contributed by atoms with Crippen LogP contribution < -0.4 is 0 Å². The Kier molecular flexibility index (Phi) is 5.10. The van der Waals surface area contributed by atoms with Crippen LogP contribution in [0.4, 0.5) is 0 Å². The van der Waals surface area contributed by atoms with Crippen LogP contribution in [0, 0.1) is 0 Å². The Morgan fingerprint density at radius 1 is 1.27 bits per heavy atom. The number of carbonyl (C=O) groups is 2. The molecule has 3 heterocycles.